The summed E-state index contributed by atoms with van der Waals surface area (Å²) in [7, 11) is -3.56. The number of fused-ring (bicyclic) bond motifs is 1. The summed E-state index contributed by atoms with van der Waals surface area (Å²) in [6.45, 7) is 4.44. The molecule has 1 aromatic rings. The highest BCUT2D eigenvalue weighted by Gasteiger charge is 2.22. The third-order valence-corrected chi connectivity index (χ3v) is 4.24. The lowest BCUT2D eigenvalue weighted by Gasteiger charge is -2.16. The lowest BCUT2D eigenvalue weighted by atomic mass is 10.1. The van der Waals surface area contributed by atoms with Gasteiger partial charge in [-0.3, -0.25) is 9.52 Å². The van der Waals surface area contributed by atoms with Crippen LogP contribution in [0.5, 0.6) is 0 Å². The number of nitrogens with one attached hydrogen (secondary N) is 2. The second kappa shape index (κ2) is 5.80. The third kappa shape index (κ3) is 3.29. The van der Waals surface area contributed by atoms with Gasteiger partial charge in [0.2, 0.25) is 5.91 Å². The summed E-state index contributed by atoms with van der Waals surface area (Å²) in [5.41, 5.74) is 2.30. The first-order chi connectivity index (χ1) is 9.43. The van der Waals surface area contributed by atoms with Gasteiger partial charge in [-0.2, -0.15) is 13.1 Å². The van der Waals surface area contributed by atoms with Crippen LogP contribution in [0, 0.1) is 0 Å². The van der Waals surface area contributed by atoms with Crippen molar-refractivity contribution in [3.63, 3.8) is 0 Å². The summed E-state index contributed by atoms with van der Waals surface area (Å²) in [5.74, 6) is -0.0344. The van der Waals surface area contributed by atoms with Crippen molar-refractivity contribution in [2.75, 3.05) is 22.7 Å². The van der Waals surface area contributed by atoms with E-state index in [1.54, 1.807) is 17.0 Å². The molecule has 1 aliphatic heterocycles. The maximum atomic E-state index is 11.8. The number of hydrogen-bond acceptors (Lipinski definition) is 3. The summed E-state index contributed by atoms with van der Waals surface area (Å²) in [6, 6.07) is 5.28. The molecule has 7 heteroatoms. The molecule has 0 fully saturated rings. The summed E-state index contributed by atoms with van der Waals surface area (Å²) in [6.07, 6.45) is 1.53. The van der Waals surface area contributed by atoms with E-state index < -0.39 is 10.2 Å². The Bertz CT molecular complexity index is 613. The van der Waals surface area contributed by atoms with Crippen molar-refractivity contribution in [2.45, 2.75) is 26.7 Å². The molecule has 0 aliphatic carbocycles. The average Bonchev–Trinajstić information content (AvgIpc) is 2.79. The van der Waals surface area contributed by atoms with E-state index in [1.165, 1.54) is 6.92 Å². The predicted octanol–water partition coefficient (Wildman–Crippen LogP) is 1.25. The zero-order valence-corrected chi connectivity index (χ0v) is 12.5. The van der Waals surface area contributed by atoms with E-state index in [1.807, 2.05) is 13.0 Å². The monoisotopic (exact) mass is 297 g/mol. The van der Waals surface area contributed by atoms with Gasteiger partial charge in [-0.1, -0.05) is 13.0 Å². The molecule has 110 valence electrons. The number of carbonyl (C=O) groups excluding carboxylic acids is 1. The van der Waals surface area contributed by atoms with Crippen LogP contribution in [0.1, 0.15) is 25.8 Å². The third-order valence-electron chi connectivity index (χ3n) is 3.16. The lowest BCUT2D eigenvalue weighted by molar-refractivity contribution is -0.116. The molecule has 1 aliphatic rings. The Labute approximate surface area is 119 Å². The molecule has 2 rings (SSSR count). The van der Waals surface area contributed by atoms with Gasteiger partial charge < -0.3 is 4.90 Å². The minimum atomic E-state index is -3.56. The van der Waals surface area contributed by atoms with E-state index in [0.29, 0.717) is 18.8 Å². The Morgan fingerprint density at radius 3 is 2.80 bits per heavy atom. The van der Waals surface area contributed by atoms with Gasteiger partial charge in [-0.25, -0.2) is 0 Å². The van der Waals surface area contributed by atoms with Crippen LogP contribution in [-0.2, 0) is 21.4 Å². The normalized spacial score (nSPS) is 14.2. The molecule has 2 N–H and O–H groups in total. The molecule has 6 nitrogen and oxygen atoms in total. The highest BCUT2D eigenvalue weighted by molar-refractivity contribution is 7.90. The van der Waals surface area contributed by atoms with Crippen molar-refractivity contribution >= 4 is 27.5 Å². The standard InChI is InChI=1S/C13H19N3O3S/c1-3-7-14-20(18,19)15-12-5-4-11-6-8-16(10(2)17)13(11)9-12/h4-5,9,14-15H,3,6-8H2,1-2H3. The van der Waals surface area contributed by atoms with E-state index in [0.717, 1.165) is 24.1 Å². The lowest BCUT2D eigenvalue weighted by Crippen LogP contribution is -2.30. The Morgan fingerprint density at radius 2 is 2.15 bits per heavy atom. The maximum Gasteiger partial charge on any atom is 0.299 e. The van der Waals surface area contributed by atoms with Gasteiger partial charge in [-0.15, -0.1) is 0 Å². The quantitative estimate of drug-likeness (QED) is 0.858. The maximum absolute atomic E-state index is 11.8. The van der Waals surface area contributed by atoms with Gasteiger partial charge in [0, 0.05) is 25.7 Å². The van der Waals surface area contributed by atoms with Crippen LogP contribution < -0.4 is 14.3 Å². The van der Waals surface area contributed by atoms with Crippen LogP contribution >= 0.6 is 0 Å². The van der Waals surface area contributed by atoms with Gasteiger partial charge >= 0.3 is 0 Å². The zero-order valence-electron chi connectivity index (χ0n) is 11.6. The molecular formula is C13H19N3O3S. The second-order valence-corrected chi connectivity index (χ2v) is 6.26. The zero-order chi connectivity index (χ0) is 14.8. The van der Waals surface area contributed by atoms with E-state index >= 15 is 0 Å². The first-order valence-electron chi connectivity index (χ1n) is 6.61. The Balaban J connectivity index is 2.19. The molecule has 0 radical (unpaired) electrons. The molecule has 1 aromatic carbocycles. The van der Waals surface area contributed by atoms with Crippen molar-refractivity contribution in [1.82, 2.24) is 4.72 Å². The van der Waals surface area contributed by atoms with E-state index in [4.69, 9.17) is 0 Å². The van der Waals surface area contributed by atoms with Crippen molar-refractivity contribution < 1.29 is 13.2 Å². The van der Waals surface area contributed by atoms with Crippen LogP contribution in [0.3, 0.4) is 0 Å². The molecule has 1 amide bonds. The number of amides is 1. The summed E-state index contributed by atoms with van der Waals surface area (Å²) >= 11 is 0. The van der Waals surface area contributed by atoms with E-state index in [9.17, 15) is 13.2 Å². The van der Waals surface area contributed by atoms with Crippen molar-refractivity contribution in [3.05, 3.63) is 23.8 Å². The Hall–Kier alpha value is -1.60. The first kappa shape index (κ1) is 14.8. The van der Waals surface area contributed by atoms with Crippen molar-refractivity contribution in [2.24, 2.45) is 0 Å². The van der Waals surface area contributed by atoms with Gasteiger partial charge in [0.25, 0.3) is 10.2 Å². The van der Waals surface area contributed by atoms with Gasteiger partial charge in [0.1, 0.15) is 0 Å². The largest absolute Gasteiger partial charge is 0.312 e. The molecule has 0 saturated heterocycles. The minimum Gasteiger partial charge on any atom is -0.312 e. The molecule has 1 heterocycles. The predicted molar refractivity (Wildman–Crippen MR) is 79.0 cm³/mol. The topological polar surface area (TPSA) is 78.5 Å². The number of benzene rings is 1. The minimum absolute atomic E-state index is 0.0344. The number of nitrogens with zero attached hydrogens (tertiary/aromatic N) is 1. The molecule has 0 aromatic heterocycles. The Morgan fingerprint density at radius 1 is 1.40 bits per heavy atom. The SMILES string of the molecule is CCCNS(=O)(=O)Nc1ccc2c(c1)N(C(C)=O)CC2. The molecule has 0 saturated carbocycles. The molecule has 0 bridgehead atoms. The van der Waals surface area contributed by atoms with Crippen LogP contribution in [-0.4, -0.2) is 27.4 Å². The number of rotatable bonds is 5. The van der Waals surface area contributed by atoms with Crippen LogP contribution in [0.25, 0.3) is 0 Å². The van der Waals surface area contributed by atoms with Gasteiger partial charge in [0.05, 0.1) is 5.69 Å². The summed E-state index contributed by atoms with van der Waals surface area (Å²) < 4.78 is 28.4. The van der Waals surface area contributed by atoms with Crippen LogP contribution in [0.4, 0.5) is 11.4 Å². The first-order valence-corrected chi connectivity index (χ1v) is 8.09. The number of carbonyl (C=O) groups is 1. The molecule has 0 unspecified atom stereocenters. The molecule has 0 spiro atoms. The number of anilines is 2. The average molecular weight is 297 g/mol. The van der Waals surface area contributed by atoms with Gasteiger partial charge in [0.15, 0.2) is 0 Å². The molecule has 0 atom stereocenters. The molecular weight excluding hydrogens is 278 g/mol. The van der Waals surface area contributed by atoms with Crippen LogP contribution in [0.15, 0.2) is 18.2 Å². The fourth-order valence-electron chi connectivity index (χ4n) is 2.20. The highest BCUT2D eigenvalue weighted by Crippen LogP contribution is 2.31. The second-order valence-electron chi connectivity index (χ2n) is 4.76. The Kier molecular flexibility index (Phi) is 4.29. The fraction of sp³-hybridized carbons (Fsp3) is 0.462. The molecule has 20 heavy (non-hydrogen) atoms. The van der Waals surface area contributed by atoms with Crippen molar-refractivity contribution in [1.29, 1.82) is 0 Å². The van der Waals surface area contributed by atoms with Gasteiger partial charge in [-0.05, 0) is 30.5 Å². The highest BCUT2D eigenvalue weighted by atomic mass is 32.2. The van der Waals surface area contributed by atoms with Crippen molar-refractivity contribution in [3.8, 4) is 0 Å². The summed E-state index contributed by atoms with van der Waals surface area (Å²) in [5, 5.41) is 0. The van der Waals surface area contributed by atoms with Crippen LogP contribution in [0.2, 0.25) is 0 Å². The van der Waals surface area contributed by atoms with E-state index in [-0.39, 0.29) is 5.91 Å². The smallest absolute Gasteiger partial charge is 0.299 e. The fourth-order valence-corrected chi connectivity index (χ4v) is 3.18. The summed E-state index contributed by atoms with van der Waals surface area (Å²) in [4.78, 5) is 13.2. The number of hydrogen-bond donors (Lipinski definition) is 2. The van der Waals surface area contributed by atoms with E-state index in [2.05, 4.69) is 9.44 Å².